The topological polar surface area (TPSA) is 108 Å². The maximum Gasteiger partial charge on any atom is 0.336 e. The first-order valence-corrected chi connectivity index (χ1v) is 13.5. The van der Waals surface area contributed by atoms with E-state index >= 15 is 0 Å². The number of rotatable bonds is 3. The molecule has 2 aromatic heterocycles. The number of aromatic carboxylic acids is 1. The van der Waals surface area contributed by atoms with Crippen molar-refractivity contribution in [1.29, 1.82) is 0 Å². The summed E-state index contributed by atoms with van der Waals surface area (Å²) in [7, 11) is 0. The molecule has 196 valence electrons. The highest BCUT2D eigenvalue weighted by Crippen LogP contribution is 2.42. The molecule has 0 fully saturated rings. The van der Waals surface area contributed by atoms with Crippen LogP contribution in [0.3, 0.4) is 0 Å². The number of fused-ring (bicyclic) bond motifs is 6. The molecular formula is C31H27ClN4O3. The molecule has 1 aromatic carbocycles. The van der Waals surface area contributed by atoms with Crippen molar-refractivity contribution in [2.75, 3.05) is 0 Å². The average molecular weight is 539 g/mol. The van der Waals surface area contributed by atoms with Crippen molar-refractivity contribution < 1.29 is 14.7 Å². The third-order valence-corrected chi connectivity index (χ3v) is 8.04. The molecule has 3 aromatic rings. The number of pyridine rings is 1. The number of alkyl halides is 1. The number of aromatic amines is 1. The van der Waals surface area contributed by atoms with E-state index < -0.39 is 17.3 Å². The van der Waals surface area contributed by atoms with Crippen molar-refractivity contribution in [3.63, 3.8) is 0 Å². The van der Waals surface area contributed by atoms with Gasteiger partial charge in [-0.05, 0) is 49.1 Å². The fourth-order valence-corrected chi connectivity index (χ4v) is 6.04. The van der Waals surface area contributed by atoms with Gasteiger partial charge in [0.05, 0.1) is 22.3 Å². The predicted molar refractivity (Wildman–Crippen MR) is 151 cm³/mol. The zero-order valence-corrected chi connectivity index (χ0v) is 21.8. The second-order valence-electron chi connectivity index (χ2n) is 10.0. The molecule has 0 radical (unpaired) electrons. The molecule has 0 saturated heterocycles. The van der Waals surface area contributed by atoms with Crippen molar-refractivity contribution in [3.8, 4) is 11.3 Å². The molecule has 2 aliphatic heterocycles. The zero-order valence-electron chi connectivity index (χ0n) is 21.0. The Morgan fingerprint density at radius 1 is 1.10 bits per heavy atom. The Morgan fingerprint density at radius 3 is 2.77 bits per heavy atom. The van der Waals surface area contributed by atoms with E-state index in [4.69, 9.17) is 16.6 Å². The van der Waals surface area contributed by atoms with Gasteiger partial charge in [-0.1, -0.05) is 48.6 Å². The number of carbonyl (C=O) groups is 2. The molecule has 7 rings (SSSR count). The van der Waals surface area contributed by atoms with Crippen molar-refractivity contribution in [2.45, 2.75) is 36.6 Å². The Morgan fingerprint density at radius 2 is 2.00 bits per heavy atom. The van der Waals surface area contributed by atoms with Crippen LogP contribution in [-0.4, -0.2) is 43.4 Å². The summed E-state index contributed by atoms with van der Waals surface area (Å²) in [5, 5.41) is 12.9. The monoisotopic (exact) mass is 538 g/mol. The third kappa shape index (κ3) is 4.86. The Hall–Kier alpha value is -4.23. The van der Waals surface area contributed by atoms with E-state index in [0.717, 1.165) is 28.9 Å². The van der Waals surface area contributed by atoms with Gasteiger partial charge in [-0.25, -0.2) is 9.78 Å². The molecule has 4 bridgehead atoms. The minimum Gasteiger partial charge on any atom is -0.478 e. The number of hydrogen-bond donors (Lipinski definition) is 3. The van der Waals surface area contributed by atoms with E-state index in [-0.39, 0.29) is 23.4 Å². The summed E-state index contributed by atoms with van der Waals surface area (Å²) in [6.07, 6.45) is 19.5. The van der Waals surface area contributed by atoms with Gasteiger partial charge >= 0.3 is 5.97 Å². The molecule has 39 heavy (non-hydrogen) atoms. The molecule has 1 amide bonds. The number of carbonyl (C=O) groups excluding carboxylic acids is 1. The molecule has 8 heteroatoms. The van der Waals surface area contributed by atoms with Crippen LogP contribution in [0.4, 0.5) is 0 Å². The first kappa shape index (κ1) is 25.1. The zero-order chi connectivity index (χ0) is 26.9. The minimum absolute atomic E-state index is 0.0490. The van der Waals surface area contributed by atoms with E-state index in [1.54, 1.807) is 24.5 Å². The normalized spacial score (nSPS) is 24.0. The number of carboxylic acid groups (broad SMARTS) is 1. The lowest BCUT2D eigenvalue weighted by atomic mass is 9.81. The van der Waals surface area contributed by atoms with Gasteiger partial charge < -0.3 is 15.4 Å². The highest BCUT2D eigenvalue weighted by molar-refractivity contribution is 6.23. The number of benzene rings is 1. The van der Waals surface area contributed by atoms with E-state index in [9.17, 15) is 14.7 Å². The van der Waals surface area contributed by atoms with Gasteiger partial charge in [0.1, 0.15) is 5.82 Å². The van der Waals surface area contributed by atoms with Crippen LogP contribution in [0.5, 0.6) is 0 Å². The van der Waals surface area contributed by atoms with Crippen LogP contribution in [-0.2, 0) is 6.42 Å². The summed E-state index contributed by atoms with van der Waals surface area (Å²) in [4.78, 5) is 38.8. The summed E-state index contributed by atoms with van der Waals surface area (Å²) in [6.45, 7) is 0. The summed E-state index contributed by atoms with van der Waals surface area (Å²) in [5.41, 5.74) is 4.30. The predicted octanol–water partition coefficient (Wildman–Crippen LogP) is 5.69. The lowest BCUT2D eigenvalue weighted by Gasteiger charge is -2.28. The Bertz CT molecular complexity index is 1550. The van der Waals surface area contributed by atoms with Gasteiger partial charge in [0, 0.05) is 47.0 Å². The summed E-state index contributed by atoms with van der Waals surface area (Å²) in [6, 6.07) is 8.54. The van der Waals surface area contributed by atoms with Gasteiger partial charge in [-0.2, -0.15) is 0 Å². The minimum atomic E-state index is -1.11. The van der Waals surface area contributed by atoms with Crippen molar-refractivity contribution in [2.24, 2.45) is 5.92 Å². The number of aryl methyl sites for hydroxylation is 1. The van der Waals surface area contributed by atoms with Crippen LogP contribution in [0.15, 0.2) is 85.3 Å². The number of halogens is 1. The first-order valence-electron chi connectivity index (χ1n) is 13.0. The maximum atomic E-state index is 13.5. The van der Waals surface area contributed by atoms with Gasteiger partial charge in [0.15, 0.2) is 0 Å². The fraction of sp³-hybridized carbons (Fsp3) is 0.226. The molecule has 2 aliphatic carbocycles. The van der Waals surface area contributed by atoms with E-state index in [1.165, 1.54) is 6.07 Å². The largest absolute Gasteiger partial charge is 0.478 e. The van der Waals surface area contributed by atoms with Crippen LogP contribution in [0, 0.1) is 5.92 Å². The lowest BCUT2D eigenvalue weighted by molar-refractivity contribution is 0.0695. The van der Waals surface area contributed by atoms with Crippen molar-refractivity contribution in [3.05, 3.63) is 113 Å². The Labute approximate surface area is 231 Å². The number of nitrogens with one attached hydrogen (secondary N) is 2. The number of amides is 1. The number of allylic oxidation sites excluding steroid dienone is 7. The Balaban J connectivity index is 1.54. The standard InChI is InChI=1S/C31H27ClN4O3/c32-24-10-4-9-22-27(24)21-12-11-19(16-23(21)31(38)39)30(37)35-25(18-6-2-1-3-7-18)13-14-26-28(36-29(22)34-26)20-8-5-15-33-17-20/h1-6,8-12,15-18,24-25,27H,7,13-14H2,(H,34,36)(H,35,37)(H,38,39)/t18?,24-,25+,27?/m0/s1. The number of aromatic nitrogens is 3. The SMILES string of the molecule is O=C1N[C@@H](C2C=CC=CC2)CCc2nc([nH]c2-c2cccnc2)C2=CC=C[C@H](Cl)C2c2ccc1cc2C(=O)O. The van der Waals surface area contributed by atoms with Crippen LogP contribution in [0.25, 0.3) is 16.8 Å². The molecule has 2 unspecified atom stereocenters. The molecule has 4 atom stereocenters. The second kappa shape index (κ2) is 10.5. The van der Waals surface area contributed by atoms with Gasteiger partial charge in [-0.3, -0.25) is 9.78 Å². The number of imidazole rings is 1. The maximum absolute atomic E-state index is 13.5. The van der Waals surface area contributed by atoms with Gasteiger partial charge in [0.2, 0.25) is 0 Å². The summed E-state index contributed by atoms with van der Waals surface area (Å²) < 4.78 is 0. The molecule has 4 heterocycles. The highest BCUT2D eigenvalue weighted by Gasteiger charge is 2.33. The van der Waals surface area contributed by atoms with E-state index in [0.29, 0.717) is 29.8 Å². The van der Waals surface area contributed by atoms with Crippen LogP contribution in [0.1, 0.15) is 56.6 Å². The molecule has 4 aliphatic rings. The number of nitrogens with zero attached hydrogens (tertiary/aromatic N) is 2. The Kier molecular flexibility index (Phi) is 6.75. The molecule has 3 N–H and O–H groups in total. The van der Waals surface area contributed by atoms with Crippen molar-refractivity contribution >= 4 is 29.1 Å². The number of hydrogen-bond acceptors (Lipinski definition) is 4. The molecular weight excluding hydrogens is 512 g/mol. The number of H-pyrrole nitrogens is 1. The van der Waals surface area contributed by atoms with E-state index in [2.05, 4.69) is 27.4 Å². The smallest absolute Gasteiger partial charge is 0.336 e. The van der Waals surface area contributed by atoms with Gasteiger partial charge in [-0.15, -0.1) is 11.6 Å². The third-order valence-electron chi connectivity index (χ3n) is 7.65. The molecule has 0 spiro atoms. The average Bonchev–Trinajstić information content (AvgIpc) is 3.39. The molecule has 7 nitrogen and oxygen atoms in total. The van der Waals surface area contributed by atoms with Crippen LogP contribution in [0.2, 0.25) is 0 Å². The quantitative estimate of drug-likeness (QED) is 0.371. The fourth-order valence-electron chi connectivity index (χ4n) is 5.68. The van der Waals surface area contributed by atoms with E-state index in [1.807, 2.05) is 42.5 Å². The first-order chi connectivity index (χ1) is 19.0. The van der Waals surface area contributed by atoms with Gasteiger partial charge in [0.25, 0.3) is 5.91 Å². The van der Waals surface area contributed by atoms with Crippen LogP contribution >= 0.6 is 11.6 Å². The lowest BCUT2D eigenvalue weighted by Crippen LogP contribution is -2.40. The van der Waals surface area contributed by atoms with Crippen molar-refractivity contribution in [1.82, 2.24) is 20.3 Å². The summed E-state index contributed by atoms with van der Waals surface area (Å²) >= 11 is 6.82. The molecule has 0 saturated carbocycles. The van der Waals surface area contributed by atoms with Crippen LogP contribution < -0.4 is 5.32 Å². The number of carboxylic acids is 1. The summed E-state index contributed by atoms with van der Waals surface area (Å²) in [5.74, 6) is -1.14. The highest BCUT2D eigenvalue weighted by atomic mass is 35.5. The second-order valence-corrected chi connectivity index (χ2v) is 10.5.